The molecule has 1 saturated heterocycles. The number of nitrogens with zero attached hydrogens (tertiary/aromatic N) is 1. The lowest BCUT2D eigenvalue weighted by atomic mass is 10.2. The largest absolute Gasteiger partial charge is 0.497 e. The molecule has 1 aliphatic heterocycles. The molecule has 1 unspecified atom stereocenters. The van der Waals surface area contributed by atoms with Crippen molar-refractivity contribution < 1.29 is 22.7 Å². The van der Waals surface area contributed by atoms with Crippen LogP contribution in [0, 0.1) is 0 Å². The lowest BCUT2D eigenvalue weighted by Gasteiger charge is -2.22. The quantitative estimate of drug-likeness (QED) is 0.485. The zero-order chi connectivity index (χ0) is 22.8. The van der Waals surface area contributed by atoms with Gasteiger partial charge in [0.25, 0.3) is 5.91 Å². The number of thiocarbonyl (C=S) groups is 1. The van der Waals surface area contributed by atoms with Gasteiger partial charge in [-0.25, -0.2) is 13.6 Å². The third-order valence-corrected chi connectivity index (χ3v) is 6.71. The Morgan fingerprint density at radius 3 is 2.35 bits per heavy atom. The fourth-order valence-electron chi connectivity index (χ4n) is 2.76. The Kier molecular flexibility index (Phi) is 6.80. The molecule has 0 spiro atoms. The summed E-state index contributed by atoms with van der Waals surface area (Å²) >= 11 is 6.44. The van der Waals surface area contributed by atoms with Crippen molar-refractivity contribution in [1.29, 1.82) is 0 Å². The molecule has 162 valence electrons. The lowest BCUT2D eigenvalue weighted by molar-refractivity contribution is -0.129. The number of sulfonamides is 1. The van der Waals surface area contributed by atoms with Gasteiger partial charge in [0.05, 0.1) is 16.9 Å². The second-order valence-corrected chi connectivity index (χ2v) is 9.80. The number of carbonyl (C=O) groups is 2. The third kappa shape index (κ3) is 5.31. The molecule has 1 aliphatic rings. The van der Waals surface area contributed by atoms with E-state index in [1.54, 1.807) is 32.2 Å². The van der Waals surface area contributed by atoms with Crippen LogP contribution in [0.5, 0.6) is 5.75 Å². The van der Waals surface area contributed by atoms with Gasteiger partial charge in [-0.2, -0.15) is 0 Å². The number of benzene rings is 2. The standard InChI is InChI=1S/C20H19N3O5S3/c1-12(18(24)22-14-5-9-16(10-6-14)31(21,26)27)23-19(25)17(30-20(23)29)11-13-3-7-15(28-2)8-4-13/h3-12H,1-2H3,(H,22,24)(H2,21,26,27)/b17-11-. The van der Waals surface area contributed by atoms with E-state index in [9.17, 15) is 18.0 Å². The number of hydrogen-bond donors (Lipinski definition) is 2. The first kappa shape index (κ1) is 22.9. The zero-order valence-electron chi connectivity index (χ0n) is 16.6. The maximum absolute atomic E-state index is 12.9. The maximum atomic E-state index is 12.9. The molecule has 0 saturated carbocycles. The number of nitrogens with one attached hydrogen (secondary N) is 1. The van der Waals surface area contributed by atoms with Gasteiger partial charge in [0.15, 0.2) is 0 Å². The number of thioether (sulfide) groups is 1. The highest BCUT2D eigenvalue weighted by molar-refractivity contribution is 8.26. The first-order chi connectivity index (χ1) is 14.6. The SMILES string of the molecule is COc1ccc(/C=C2\SC(=S)N(C(C)C(=O)Nc3ccc(S(N)(=O)=O)cc3)C2=O)cc1. The number of hydrogen-bond acceptors (Lipinski definition) is 7. The molecule has 1 fully saturated rings. The van der Waals surface area contributed by atoms with Gasteiger partial charge in [-0.05, 0) is 55.0 Å². The summed E-state index contributed by atoms with van der Waals surface area (Å²) in [6, 6.07) is 11.7. The van der Waals surface area contributed by atoms with Gasteiger partial charge < -0.3 is 10.1 Å². The Morgan fingerprint density at radius 1 is 1.19 bits per heavy atom. The predicted molar refractivity (Wildman–Crippen MR) is 124 cm³/mol. The molecule has 1 heterocycles. The first-order valence-corrected chi connectivity index (χ1v) is 11.7. The number of amides is 2. The normalized spacial score (nSPS) is 16.5. The monoisotopic (exact) mass is 477 g/mol. The van der Waals surface area contributed by atoms with Crippen LogP contribution in [0.15, 0.2) is 58.3 Å². The highest BCUT2D eigenvalue weighted by Gasteiger charge is 2.38. The second kappa shape index (κ2) is 9.18. The smallest absolute Gasteiger partial charge is 0.266 e. The van der Waals surface area contributed by atoms with Crippen LogP contribution in [0.25, 0.3) is 6.08 Å². The number of primary sulfonamides is 1. The van der Waals surface area contributed by atoms with E-state index in [0.29, 0.717) is 16.3 Å². The van der Waals surface area contributed by atoms with Crippen LogP contribution in [-0.2, 0) is 19.6 Å². The van der Waals surface area contributed by atoms with Crippen molar-refractivity contribution in [1.82, 2.24) is 4.90 Å². The Labute approximate surface area is 189 Å². The fourth-order valence-corrected chi connectivity index (χ4v) is 4.69. The molecule has 31 heavy (non-hydrogen) atoms. The molecule has 3 rings (SSSR count). The van der Waals surface area contributed by atoms with E-state index in [1.807, 2.05) is 12.1 Å². The topological polar surface area (TPSA) is 119 Å². The minimum atomic E-state index is -3.83. The Balaban J connectivity index is 1.72. The Hall–Kier alpha value is -2.73. The average Bonchev–Trinajstić information content (AvgIpc) is 3.00. The molecule has 2 aromatic carbocycles. The van der Waals surface area contributed by atoms with Crippen molar-refractivity contribution in [3.63, 3.8) is 0 Å². The van der Waals surface area contributed by atoms with E-state index in [-0.39, 0.29) is 15.1 Å². The molecular formula is C20H19N3O5S3. The molecule has 0 aliphatic carbocycles. The van der Waals surface area contributed by atoms with Crippen LogP contribution in [0.2, 0.25) is 0 Å². The summed E-state index contributed by atoms with van der Waals surface area (Å²) in [4.78, 5) is 27.1. The van der Waals surface area contributed by atoms with Crippen molar-refractivity contribution in [2.24, 2.45) is 5.14 Å². The van der Waals surface area contributed by atoms with Crippen LogP contribution in [0.1, 0.15) is 12.5 Å². The van der Waals surface area contributed by atoms with Gasteiger partial charge in [-0.3, -0.25) is 14.5 Å². The van der Waals surface area contributed by atoms with Gasteiger partial charge in [-0.1, -0.05) is 36.1 Å². The molecule has 3 N–H and O–H groups in total. The van der Waals surface area contributed by atoms with Crippen molar-refractivity contribution in [2.75, 3.05) is 12.4 Å². The van der Waals surface area contributed by atoms with E-state index in [0.717, 1.165) is 17.3 Å². The van der Waals surface area contributed by atoms with Gasteiger partial charge in [0.2, 0.25) is 15.9 Å². The summed E-state index contributed by atoms with van der Waals surface area (Å²) in [6.45, 7) is 1.56. The van der Waals surface area contributed by atoms with Crippen LogP contribution < -0.4 is 15.2 Å². The molecule has 0 aromatic heterocycles. The number of nitrogens with two attached hydrogens (primary N) is 1. The van der Waals surface area contributed by atoms with Crippen LogP contribution in [-0.4, -0.2) is 42.6 Å². The molecule has 0 bridgehead atoms. The van der Waals surface area contributed by atoms with E-state index in [4.69, 9.17) is 22.1 Å². The van der Waals surface area contributed by atoms with Crippen LogP contribution >= 0.6 is 24.0 Å². The average molecular weight is 478 g/mol. The molecule has 2 aromatic rings. The van der Waals surface area contributed by atoms with Gasteiger partial charge in [0.1, 0.15) is 16.1 Å². The molecule has 2 amide bonds. The minimum absolute atomic E-state index is 0.0702. The number of ether oxygens (including phenoxy) is 1. The summed E-state index contributed by atoms with van der Waals surface area (Å²) < 4.78 is 28.1. The molecular weight excluding hydrogens is 458 g/mol. The highest BCUT2D eigenvalue weighted by Crippen LogP contribution is 2.34. The van der Waals surface area contributed by atoms with Crippen molar-refractivity contribution in [2.45, 2.75) is 17.9 Å². The Bertz CT molecular complexity index is 1160. The summed E-state index contributed by atoms with van der Waals surface area (Å²) in [5.41, 5.74) is 1.16. The molecule has 1 atom stereocenters. The van der Waals surface area contributed by atoms with Crippen molar-refractivity contribution in [3.05, 3.63) is 59.0 Å². The number of methoxy groups -OCH3 is 1. The van der Waals surface area contributed by atoms with E-state index in [2.05, 4.69) is 5.32 Å². The number of anilines is 1. The second-order valence-electron chi connectivity index (χ2n) is 6.56. The fraction of sp³-hybridized carbons (Fsp3) is 0.150. The highest BCUT2D eigenvalue weighted by atomic mass is 32.2. The Morgan fingerprint density at radius 2 is 1.81 bits per heavy atom. The van der Waals surface area contributed by atoms with Gasteiger partial charge in [-0.15, -0.1) is 0 Å². The maximum Gasteiger partial charge on any atom is 0.266 e. The minimum Gasteiger partial charge on any atom is -0.497 e. The van der Waals surface area contributed by atoms with Crippen molar-refractivity contribution in [3.8, 4) is 5.75 Å². The van der Waals surface area contributed by atoms with Crippen molar-refractivity contribution >= 4 is 61.9 Å². The summed E-state index contributed by atoms with van der Waals surface area (Å²) in [5.74, 6) is -0.129. The van der Waals surface area contributed by atoms with Gasteiger partial charge >= 0.3 is 0 Å². The van der Waals surface area contributed by atoms with Crippen LogP contribution in [0.3, 0.4) is 0 Å². The lowest BCUT2D eigenvalue weighted by Crippen LogP contribution is -2.44. The first-order valence-electron chi connectivity index (χ1n) is 8.95. The number of rotatable bonds is 6. The number of carbonyl (C=O) groups excluding carboxylic acids is 2. The predicted octanol–water partition coefficient (Wildman–Crippen LogP) is 2.57. The van der Waals surface area contributed by atoms with Crippen LogP contribution in [0.4, 0.5) is 5.69 Å². The van der Waals surface area contributed by atoms with Gasteiger partial charge in [0, 0.05) is 5.69 Å². The van der Waals surface area contributed by atoms with E-state index >= 15 is 0 Å². The summed E-state index contributed by atoms with van der Waals surface area (Å²) in [6.07, 6.45) is 1.70. The molecule has 11 heteroatoms. The molecule has 8 nitrogen and oxygen atoms in total. The third-order valence-electron chi connectivity index (χ3n) is 4.45. The van der Waals surface area contributed by atoms with E-state index in [1.165, 1.54) is 29.2 Å². The zero-order valence-corrected chi connectivity index (χ0v) is 19.0. The van der Waals surface area contributed by atoms with E-state index < -0.39 is 22.0 Å². The summed E-state index contributed by atoms with van der Waals surface area (Å²) in [7, 11) is -2.26. The molecule has 0 radical (unpaired) electrons. The summed E-state index contributed by atoms with van der Waals surface area (Å²) in [5, 5.41) is 7.71.